The van der Waals surface area contributed by atoms with Crippen LogP contribution in [0.25, 0.3) is 0 Å². The first-order valence-electron chi connectivity index (χ1n) is 21.6. The van der Waals surface area contributed by atoms with Crippen molar-refractivity contribution in [1.29, 1.82) is 0 Å². The second kappa shape index (κ2) is 42.1. The second-order valence-electron chi connectivity index (χ2n) is 17.1. The van der Waals surface area contributed by atoms with Gasteiger partial charge in [0.05, 0.1) is 26.2 Å². The van der Waals surface area contributed by atoms with Gasteiger partial charge in [0.1, 0.15) is 13.2 Å². The molecule has 0 aromatic carbocycles. The lowest BCUT2D eigenvalue weighted by Gasteiger charge is -2.34. The van der Waals surface area contributed by atoms with E-state index in [9.17, 15) is 24.0 Å². The molecule has 21 heteroatoms. The fraction of sp³-hybridized carbons (Fsp3) is 0.690. The Hall–Kier alpha value is -2.59. The molecule has 370 valence electrons. The van der Waals surface area contributed by atoms with Gasteiger partial charge in [-0.3, -0.25) is 14.4 Å². The first-order chi connectivity index (χ1) is 28.9. The average molecular weight is 1000 g/mol. The van der Waals surface area contributed by atoms with Crippen LogP contribution in [-0.2, 0) is 55.3 Å². The predicted octanol–water partition coefficient (Wildman–Crippen LogP) is 8.79. The molecule has 0 spiro atoms. The van der Waals surface area contributed by atoms with E-state index < -0.39 is 70.0 Å². The average Bonchev–Trinajstić information content (AvgIpc) is 3.09. The molecule has 0 heterocycles. The Kier molecular flexibility index (Phi) is 46.4. The van der Waals surface area contributed by atoms with Crippen molar-refractivity contribution in [3.05, 3.63) is 49.6 Å². The highest BCUT2D eigenvalue weighted by atomic mass is 28.4. The minimum absolute atomic E-state index is 0.0556. The second-order valence-corrected chi connectivity index (χ2v) is 38.3. The van der Waals surface area contributed by atoms with E-state index in [1.807, 2.05) is 0 Å². The first kappa shape index (κ1) is 69.4. The van der Waals surface area contributed by atoms with Crippen LogP contribution in [0.3, 0.4) is 0 Å². The van der Waals surface area contributed by atoms with Crippen LogP contribution in [-0.4, -0.2) is 137 Å². The van der Waals surface area contributed by atoms with Gasteiger partial charge in [0.15, 0.2) is 52.1 Å². The maximum atomic E-state index is 11.2. The first-order valence-corrected chi connectivity index (χ1v) is 39.3. The van der Waals surface area contributed by atoms with Crippen LogP contribution in [0.5, 0.6) is 0 Å². The molecule has 0 amide bonds. The third kappa shape index (κ3) is 63.8. The van der Waals surface area contributed by atoms with Crippen molar-refractivity contribution in [2.45, 2.75) is 149 Å². The molecule has 0 saturated carbocycles. The highest BCUT2D eigenvalue weighted by Crippen LogP contribution is 2.24. The standard InChI is InChI=1S/C17H34O6Si2.C9H14O3.C8H20O3Si2.C4H6O2.C4H14OSi2/c1-15(2)17(20)22-12-11-21-10-8-14-25(5,6)23-24(3,4)13-7-9-16(18)19;1-4-5-11-6-7-12-9(10)8(2)3;1-12(2)11-13(3,4)7-5-6-8(9)10;1-2-3-4(5)6;1-6(2)5-7(3)4/h1,7-14H2,2-6H3,(H,18,19);4H,1-2,5-7H2,3H3;12H,5-7H2,1-4H3,(H,9,10);2H,1,3H2,(H,5,6);6-7H,1-4H3. The minimum Gasteiger partial charge on any atom is -0.481 e. The van der Waals surface area contributed by atoms with Crippen molar-refractivity contribution in [2.75, 3.05) is 39.6 Å². The summed E-state index contributed by atoms with van der Waals surface area (Å²) in [6.45, 7) is 45.5. The van der Waals surface area contributed by atoms with Crippen LogP contribution < -0.4 is 0 Å². The Morgan fingerprint density at radius 2 is 0.937 bits per heavy atom. The van der Waals surface area contributed by atoms with E-state index >= 15 is 0 Å². The van der Waals surface area contributed by atoms with Crippen molar-refractivity contribution in [3.63, 3.8) is 0 Å². The highest BCUT2D eigenvalue weighted by Gasteiger charge is 2.32. The number of hydrogen-bond donors (Lipinski definition) is 3. The van der Waals surface area contributed by atoms with E-state index in [1.54, 1.807) is 19.9 Å². The summed E-state index contributed by atoms with van der Waals surface area (Å²) in [6, 6.07) is 2.83. The third-order valence-electron chi connectivity index (χ3n) is 7.23. The number of aliphatic carboxylic acids is 3. The molecule has 0 bridgehead atoms. The molecule has 0 aromatic rings. The fourth-order valence-electron chi connectivity index (χ4n) is 5.05. The van der Waals surface area contributed by atoms with E-state index in [2.05, 4.69) is 105 Å². The zero-order valence-electron chi connectivity index (χ0n) is 41.6. The van der Waals surface area contributed by atoms with Gasteiger partial charge in [-0.05, 0) is 130 Å². The lowest BCUT2D eigenvalue weighted by molar-refractivity contribution is -0.141. The van der Waals surface area contributed by atoms with Crippen LogP contribution in [0.2, 0.25) is 96.7 Å². The molecule has 0 atom stereocenters. The third-order valence-corrected chi connectivity index (χ3v) is 25.1. The smallest absolute Gasteiger partial charge is 0.333 e. The number of carbonyl (C=O) groups excluding carboxylic acids is 2. The van der Waals surface area contributed by atoms with Crippen molar-refractivity contribution in [3.8, 4) is 0 Å². The molecule has 3 N–H and O–H groups in total. The SMILES string of the molecule is C=C(C)C(=O)OCCOCCC[Si](C)(C)O[Si](C)(C)CCCC(=O)O.C=CCC(=O)O.C=CCOCCOC(=O)C(=C)C.C[SiH](C)O[SiH](C)C.C[SiH](C)O[Si](C)(C)CCCC(=O)O. The summed E-state index contributed by atoms with van der Waals surface area (Å²) in [5.74, 6) is -3.04. The lowest BCUT2D eigenvalue weighted by atomic mass is 10.3. The molecule has 0 aliphatic rings. The number of rotatable bonds is 30. The molecule has 0 aliphatic carbocycles. The van der Waals surface area contributed by atoms with Gasteiger partial charge in [-0.25, -0.2) is 9.59 Å². The summed E-state index contributed by atoms with van der Waals surface area (Å²) in [6.07, 6.45) is 5.89. The molecule has 15 nitrogen and oxygen atoms in total. The van der Waals surface area contributed by atoms with E-state index in [-0.39, 0.29) is 44.4 Å². The molecule has 0 fully saturated rings. The molecule has 0 aliphatic heterocycles. The normalized spacial score (nSPS) is 10.9. The van der Waals surface area contributed by atoms with Gasteiger partial charge in [0, 0.05) is 30.6 Å². The van der Waals surface area contributed by atoms with Crippen LogP contribution >= 0.6 is 0 Å². The number of carboxylic acid groups (broad SMARTS) is 3. The molecule has 0 saturated heterocycles. The fourth-order valence-corrected chi connectivity index (χ4v) is 24.8. The minimum atomic E-state index is -1.82. The van der Waals surface area contributed by atoms with Gasteiger partial charge in [-0.15, -0.1) is 13.2 Å². The number of carboxylic acids is 3. The van der Waals surface area contributed by atoms with Gasteiger partial charge in [0.2, 0.25) is 0 Å². The molecule has 0 radical (unpaired) electrons. The van der Waals surface area contributed by atoms with E-state index in [0.717, 1.165) is 31.0 Å². The molecule has 63 heavy (non-hydrogen) atoms. The number of hydrogen-bond acceptors (Lipinski definition) is 12. The van der Waals surface area contributed by atoms with Crippen molar-refractivity contribution < 1.29 is 70.6 Å². The maximum Gasteiger partial charge on any atom is 0.333 e. The maximum absolute atomic E-state index is 11.2. The van der Waals surface area contributed by atoms with Gasteiger partial charge in [-0.1, -0.05) is 25.3 Å². The largest absolute Gasteiger partial charge is 0.481 e. The van der Waals surface area contributed by atoms with Crippen LogP contribution in [0, 0.1) is 0 Å². The topological polar surface area (TPSA) is 211 Å². The quantitative estimate of drug-likeness (QED) is 0.0202. The van der Waals surface area contributed by atoms with E-state index in [0.29, 0.717) is 44.0 Å². The Morgan fingerprint density at radius 3 is 1.24 bits per heavy atom. The molecule has 0 rings (SSSR count). The summed E-state index contributed by atoms with van der Waals surface area (Å²) in [5.41, 5.74) is 0.791. The van der Waals surface area contributed by atoms with Gasteiger partial charge in [0.25, 0.3) is 0 Å². The summed E-state index contributed by atoms with van der Waals surface area (Å²) in [4.78, 5) is 52.4. The zero-order valence-corrected chi connectivity index (χ0v) is 48.0. The highest BCUT2D eigenvalue weighted by molar-refractivity contribution is 6.84. The van der Waals surface area contributed by atoms with E-state index in [4.69, 9.17) is 46.6 Å². The Morgan fingerprint density at radius 1 is 0.540 bits per heavy atom. The Bertz CT molecular complexity index is 1300. The Labute approximate surface area is 389 Å². The van der Waals surface area contributed by atoms with Gasteiger partial charge >= 0.3 is 29.8 Å². The summed E-state index contributed by atoms with van der Waals surface area (Å²) >= 11 is 0. The molecule has 0 aromatic heterocycles. The summed E-state index contributed by atoms with van der Waals surface area (Å²) < 4.78 is 38.1. The van der Waals surface area contributed by atoms with Gasteiger partial charge < -0.3 is 46.6 Å². The van der Waals surface area contributed by atoms with Crippen LogP contribution in [0.4, 0.5) is 0 Å². The summed E-state index contributed by atoms with van der Waals surface area (Å²) in [5, 5.41) is 25.1. The molecule has 0 unspecified atom stereocenters. The monoisotopic (exact) mass is 1000 g/mol. The number of ether oxygens (including phenoxy) is 4. The van der Waals surface area contributed by atoms with Crippen molar-refractivity contribution in [2.24, 2.45) is 0 Å². The number of esters is 2. The van der Waals surface area contributed by atoms with Crippen LogP contribution in [0.15, 0.2) is 49.6 Å². The molecular weight excluding hydrogens is 913 g/mol. The predicted molar refractivity (Wildman–Crippen MR) is 271 cm³/mol. The van der Waals surface area contributed by atoms with E-state index in [1.165, 1.54) is 6.08 Å². The van der Waals surface area contributed by atoms with Gasteiger partial charge in [-0.2, -0.15) is 0 Å². The number of carbonyl (C=O) groups is 5. The summed E-state index contributed by atoms with van der Waals surface area (Å²) in [7, 11) is -7.41. The van der Waals surface area contributed by atoms with Crippen molar-refractivity contribution >= 4 is 81.9 Å². The van der Waals surface area contributed by atoms with Crippen LogP contribution in [0.1, 0.15) is 52.4 Å². The Balaban J connectivity index is -0.000000248. The van der Waals surface area contributed by atoms with Crippen molar-refractivity contribution in [1.82, 2.24) is 0 Å². The zero-order chi connectivity index (χ0) is 50.2. The molecular formula is C42H88O15Si6. The lowest BCUT2D eigenvalue weighted by Crippen LogP contribution is -2.44.